The molecule has 3 rings (SSSR count). The van der Waals surface area contributed by atoms with Crippen molar-refractivity contribution in [1.82, 2.24) is 9.97 Å². The summed E-state index contributed by atoms with van der Waals surface area (Å²) in [6, 6.07) is 6.42. The fourth-order valence-electron chi connectivity index (χ4n) is 2.70. The van der Waals surface area contributed by atoms with Gasteiger partial charge in [-0.3, -0.25) is 0 Å². The summed E-state index contributed by atoms with van der Waals surface area (Å²) in [5, 5.41) is 0.487. The van der Waals surface area contributed by atoms with E-state index in [9.17, 15) is 0 Å². The molecular formula is C16H17BrClN3. The maximum Gasteiger partial charge on any atom is 0.161 e. The van der Waals surface area contributed by atoms with Gasteiger partial charge in [0, 0.05) is 24.8 Å². The van der Waals surface area contributed by atoms with E-state index >= 15 is 0 Å². The molecule has 0 fully saturated rings. The van der Waals surface area contributed by atoms with Crippen LogP contribution in [0.5, 0.6) is 0 Å². The van der Waals surface area contributed by atoms with Crippen LogP contribution in [0.2, 0.25) is 5.15 Å². The van der Waals surface area contributed by atoms with Gasteiger partial charge in [0.05, 0.1) is 10.2 Å². The Morgan fingerprint density at radius 1 is 1.33 bits per heavy atom. The van der Waals surface area contributed by atoms with Crippen LogP contribution in [0.4, 0.5) is 5.69 Å². The van der Waals surface area contributed by atoms with Gasteiger partial charge in [-0.1, -0.05) is 24.9 Å². The monoisotopic (exact) mass is 365 g/mol. The molecule has 1 aliphatic heterocycles. The molecule has 1 aromatic heterocycles. The smallest absolute Gasteiger partial charge is 0.161 e. The zero-order chi connectivity index (χ0) is 15.0. The number of halogens is 2. The van der Waals surface area contributed by atoms with E-state index in [1.54, 1.807) is 0 Å². The highest BCUT2D eigenvalue weighted by molar-refractivity contribution is 9.10. The lowest BCUT2D eigenvalue weighted by Gasteiger charge is -2.12. The van der Waals surface area contributed by atoms with Crippen molar-refractivity contribution in [2.24, 2.45) is 0 Å². The maximum atomic E-state index is 6.24. The Kier molecular flexibility index (Phi) is 4.18. The number of benzene rings is 1. The molecule has 0 radical (unpaired) electrons. The van der Waals surface area contributed by atoms with Crippen LogP contribution in [0, 0.1) is 0 Å². The van der Waals surface area contributed by atoms with Crippen LogP contribution in [0.1, 0.15) is 24.6 Å². The largest absolute Gasteiger partial charge is 0.374 e. The molecule has 0 saturated carbocycles. The summed E-state index contributed by atoms with van der Waals surface area (Å²) in [5.41, 5.74) is 4.67. The average molecular weight is 367 g/mol. The van der Waals surface area contributed by atoms with Crippen molar-refractivity contribution in [2.45, 2.75) is 26.2 Å². The second-order valence-corrected chi connectivity index (χ2v) is 6.51. The van der Waals surface area contributed by atoms with E-state index < -0.39 is 0 Å². The molecular weight excluding hydrogens is 350 g/mol. The molecule has 0 amide bonds. The Bertz CT molecular complexity index is 687. The van der Waals surface area contributed by atoms with E-state index in [1.807, 2.05) is 0 Å². The number of hydrogen-bond donors (Lipinski definition) is 0. The predicted octanol–water partition coefficient (Wildman–Crippen LogP) is 4.50. The zero-order valence-corrected chi connectivity index (χ0v) is 14.5. The third-order valence-corrected chi connectivity index (χ3v) is 5.17. The summed E-state index contributed by atoms with van der Waals surface area (Å²) >= 11 is 9.72. The van der Waals surface area contributed by atoms with E-state index in [1.165, 1.54) is 11.3 Å². The van der Waals surface area contributed by atoms with Crippen molar-refractivity contribution in [2.75, 3.05) is 18.5 Å². The summed E-state index contributed by atoms with van der Waals surface area (Å²) in [7, 11) is 2.12. The van der Waals surface area contributed by atoms with Gasteiger partial charge in [0.15, 0.2) is 5.82 Å². The molecule has 1 aromatic carbocycles. The van der Waals surface area contributed by atoms with Gasteiger partial charge in [0.1, 0.15) is 5.15 Å². The predicted molar refractivity (Wildman–Crippen MR) is 91.1 cm³/mol. The van der Waals surface area contributed by atoms with Crippen LogP contribution in [-0.2, 0) is 12.8 Å². The van der Waals surface area contributed by atoms with Crippen LogP contribution in [0.3, 0.4) is 0 Å². The van der Waals surface area contributed by atoms with Crippen LogP contribution in [0.15, 0.2) is 22.7 Å². The lowest BCUT2D eigenvalue weighted by molar-refractivity contribution is 0.868. The number of likely N-dealkylation sites (N-methyl/N-ethyl adjacent to an activating group) is 1. The molecule has 0 atom stereocenters. The number of hydrogen-bond acceptors (Lipinski definition) is 3. The summed E-state index contributed by atoms with van der Waals surface area (Å²) in [5.74, 6) is 0.712. The van der Waals surface area contributed by atoms with Gasteiger partial charge in [-0.05, 0) is 52.5 Å². The molecule has 0 aliphatic carbocycles. The minimum atomic E-state index is 0.487. The van der Waals surface area contributed by atoms with E-state index in [0.717, 1.165) is 41.5 Å². The van der Waals surface area contributed by atoms with Crippen molar-refractivity contribution in [1.29, 1.82) is 0 Å². The first kappa shape index (κ1) is 14.8. The van der Waals surface area contributed by atoms with Crippen LogP contribution in [-0.4, -0.2) is 23.6 Å². The zero-order valence-electron chi connectivity index (χ0n) is 12.2. The summed E-state index contributed by atoms with van der Waals surface area (Å²) in [6.45, 7) is 3.20. The fraction of sp³-hybridized carbons (Fsp3) is 0.375. The van der Waals surface area contributed by atoms with Crippen LogP contribution in [0.25, 0.3) is 11.4 Å². The average Bonchev–Trinajstić information content (AvgIpc) is 2.85. The van der Waals surface area contributed by atoms with Gasteiger partial charge in [0.2, 0.25) is 0 Å². The highest BCUT2D eigenvalue weighted by atomic mass is 79.9. The summed E-state index contributed by atoms with van der Waals surface area (Å²) in [6.07, 6.45) is 3.00. The van der Waals surface area contributed by atoms with Crippen molar-refractivity contribution in [3.63, 3.8) is 0 Å². The lowest BCUT2D eigenvalue weighted by atomic mass is 10.1. The fourth-order valence-corrected chi connectivity index (χ4v) is 3.27. The highest BCUT2D eigenvalue weighted by Crippen LogP contribution is 2.32. The quantitative estimate of drug-likeness (QED) is 0.749. The van der Waals surface area contributed by atoms with E-state index in [0.29, 0.717) is 11.0 Å². The van der Waals surface area contributed by atoms with Gasteiger partial charge in [-0.15, -0.1) is 0 Å². The van der Waals surface area contributed by atoms with Crippen molar-refractivity contribution in [3.05, 3.63) is 39.1 Å². The minimum Gasteiger partial charge on any atom is -0.374 e. The van der Waals surface area contributed by atoms with E-state index in [4.69, 9.17) is 11.6 Å². The van der Waals surface area contributed by atoms with Crippen molar-refractivity contribution < 1.29 is 0 Å². The molecule has 2 aromatic rings. The molecule has 0 spiro atoms. The lowest BCUT2D eigenvalue weighted by Crippen LogP contribution is -2.12. The second kappa shape index (κ2) is 5.93. The van der Waals surface area contributed by atoms with E-state index in [2.05, 4.69) is 63.0 Å². The summed E-state index contributed by atoms with van der Waals surface area (Å²) in [4.78, 5) is 11.4. The first-order chi connectivity index (χ1) is 10.1. The Labute approximate surface area is 138 Å². The highest BCUT2D eigenvalue weighted by Gasteiger charge is 2.18. The van der Waals surface area contributed by atoms with Gasteiger partial charge in [-0.2, -0.15) is 0 Å². The Hall–Kier alpha value is -1.13. The van der Waals surface area contributed by atoms with Gasteiger partial charge in [-0.25, -0.2) is 9.97 Å². The number of rotatable bonds is 3. The first-order valence-electron chi connectivity index (χ1n) is 7.16. The van der Waals surface area contributed by atoms with E-state index in [-0.39, 0.29) is 0 Å². The van der Waals surface area contributed by atoms with Crippen molar-refractivity contribution in [3.8, 4) is 11.4 Å². The molecule has 2 heterocycles. The minimum absolute atomic E-state index is 0.487. The van der Waals surface area contributed by atoms with Crippen LogP contribution < -0.4 is 4.90 Å². The molecule has 0 saturated heterocycles. The number of fused-ring (bicyclic) bond motifs is 1. The molecule has 0 unspecified atom stereocenters. The normalized spacial score (nSPS) is 13.6. The van der Waals surface area contributed by atoms with Gasteiger partial charge in [0.25, 0.3) is 0 Å². The number of nitrogens with zero attached hydrogens (tertiary/aromatic N) is 3. The third kappa shape index (κ3) is 2.79. The molecule has 5 heteroatoms. The third-order valence-electron chi connectivity index (χ3n) is 3.83. The number of aryl methyl sites for hydroxylation is 1. The molecule has 0 N–H and O–H groups in total. The SMILES string of the molecule is CCCc1nc(-c2ccc3c(c2)CCN3C)nc(Cl)c1Br. The Morgan fingerprint density at radius 2 is 2.14 bits per heavy atom. The Balaban J connectivity index is 2.05. The molecule has 0 bridgehead atoms. The standard InChI is InChI=1S/C16H17BrClN3/c1-3-4-12-14(17)15(18)20-16(19-12)11-5-6-13-10(9-11)7-8-21(13)2/h5-6,9H,3-4,7-8H2,1-2H3. The number of anilines is 1. The van der Waals surface area contributed by atoms with Gasteiger partial charge < -0.3 is 4.90 Å². The Morgan fingerprint density at radius 3 is 2.90 bits per heavy atom. The number of aromatic nitrogens is 2. The molecule has 21 heavy (non-hydrogen) atoms. The van der Waals surface area contributed by atoms with Gasteiger partial charge >= 0.3 is 0 Å². The van der Waals surface area contributed by atoms with Crippen LogP contribution >= 0.6 is 27.5 Å². The second-order valence-electron chi connectivity index (χ2n) is 5.36. The molecule has 1 aliphatic rings. The first-order valence-corrected chi connectivity index (χ1v) is 8.33. The summed E-state index contributed by atoms with van der Waals surface area (Å²) < 4.78 is 0.815. The molecule has 3 nitrogen and oxygen atoms in total. The molecule has 110 valence electrons. The maximum absolute atomic E-state index is 6.24. The topological polar surface area (TPSA) is 29.0 Å². The van der Waals surface area contributed by atoms with Crippen molar-refractivity contribution >= 4 is 33.2 Å².